The number of rotatable bonds is 3. The fourth-order valence-corrected chi connectivity index (χ4v) is 3.53. The highest BCUT2D eigenvalue weighted by molar-refractivity contribution is 14.1. The molecule has 0 fully saturated rings. The predicted octanol–water partition coefficient (Wildman–Crippen LogP) is 5.74. The second-order valence-corrected chi connectivity index (χ2v) is 7.29. The number of para-hydroxylation sites is 1. The van der Waals surface area contributed by atoms with Gasteiger partial charge in [-0.2, -0.15) is 0 Å². The highest BCUT2D eigenvalue weighted by Crippen LogP contribution is 2.29. The van der Waals surface area contributed by atoms with Crippen LogP contribution in [0.25, 0.3) is 21.8 Å². The number of H-pyrrole nitrogens is 1. The lowest BCUT2D eigenvalue weighted by atomic mass is 10.1. The maximum atomic E-state index is 12.4. The Labute approximate surface area is 159 Å². The molecule has 0 bridgehead atoms. The first kappa shape index (κ1) is 16.1. The van der Waals surface area contributed by atoms with E-state index >= 15 is 0 Å². The molecule has 4 aromatic rings. The van der Waals surface area contributed by atoms with Crippen LogP contribution < -0.4 is 5.32 Å². The molecule has 4 rings (SSSR count). The monoisotopic (exact) mass is 440 g/mol. The number of aromatic amines is 1. The van der Waals surface area contributed by atoms with Crippen molar-refractivity contribution in [3.63, 3.8) is 0 Å². The first-order valence-corrected chi connectivity index (χ1v) is 9.34. The SMILES string of the molecule is CCc1cccc2c1[nH]c1cc(NC(=O)c3ccc(I)cc3)ccc12. The van der Waals surface area contributed by atoms with Crippen molar-refractivity contribution in [1.82, 2.24) is 4.98 Å². The Morgan fingerprint density at radius 1 is 1.04 bits per heavy atom. The molecule has 0 aliphatic carbocycles. The van der Waals surface area contributed by atoms with Gasteiger partial charge in [-0.3, -0.25) is 4.79 Å². The Kier molecular flexibility index (Phi) is 4.21. The summed E-state index contributed by atoms with van der Waals surface area (Å²) in [4.78, 5) is 15.9. The van der Waals surface area contributed by atoms with Gasteiger partial charge in [0.25, 0.3) is 5.91 Å². The van der Waals surface area contributed by atoms with Crippen LogP contribution in [0.3, 0.4) is 0 Å². The van der Waals surface area contributed by atoms with Crippen LogP contribution >= 0.6 is 22.6 Å². The number of benzene rings is 3. The van der Waals surface area contributed by atoms with Crippen LogP contribution in [0.2, 0.25) is 0 Å². The number of nitrogens with one attached hydrogen (secondary N) is 2. The quantitative estimate of drug-likeness (QED) is 0.392. The van der Waals surface area contributed by atoms with Gasteiger partial charge in [-0.15, -0.1) is 0 Å². The van der Waals surface area contributed by atoms with Gasteiger partial charge in [0.15, 0.2) is 0 Å². The molecule has 0 saturated heterocycles. The molecule has 4 heteroatoms. The third kappa shape index (κ3) is 3.02. The standard InChI is InChI=1S/C21H17IN2O/c1-2-13-4-3-5-18-17-11-10-16(12-19(17)24-20(13)18)23-21(25)14-6-8-15(22)9-7-14/h3-12,24H,2H2,1H3,(H,23,25). The summed E-state index contributed by atoms with van der Waals surface area (Å²) >= 11 is 2.23. The Bertz CT molecular complexity index is 1080. The van der Waals surface area contributed by atoms with E-state index < -0.39 is 0 Å². The molecule has 25 heavy (non-hydrogen) atoms. The van der Waals surface area contributed by atoms with Crippen molar-refractivity contribution in [2.24, 2.45) is 0 Å². The van der Waals surface area contributed by atoms with Gasteiger partial charge >= 0.3 is 0 Å². The van der Waals surface area contributed by atoms with Crippen LogP contribution in [0.5, 0.6) is 0 Å². The van der Waals surface area contributed by atoms with E-state index in [1.807, 2.05) is 36.4 Å². The summed E-state index contributed by atoms with van der Waals surface area (Å²) in [5, 5.41) is 5.39. The molecule has 3 nitrogen and oxygen atoms in total. The van der Waals surface area contributed by atoms with Gasteiger partial charge in [-0.05, 0) is 71.0 Å². The second kappa shape index (κ2) is 6.52. The van der Waals surface area contributed by atoms with Crippen molar-refractivity contribution >= 4 is 56.0 Å². The molecule has 2 N–H and O–H groups in total. The lowest BCUT2D eigenvalue weighted by molar-refractivity contribution is 0.102. The van der Waals surface area contributed by atoms with Gasteiger partial charge in [-0.25, -0.2) is 0 Å². The van der Waals surface area contributed by atoms with Crippen LogP contribution in [-0.2, 0) is 6.42 Å². The maximum Gasteiger partial charge on any atom is 0.255 e. The van der Waals surface area contributed by atoms with E-state index in [2.05, 4.69) is 64.1 Å². The third-order valence-corrected chi connectivity index (χ3v) is 5.18. The number of carbonyl (C=O) groups is 1. The fourth-order valence-electron chi connectivity index (χ4n) is 3.17. The zero-order valence-electron chi connectivity index (χ0n) is 13.8. The average Bonchev–Trinajstić information content (AvgIpc) is 3.00. The van der Waals surface area contributed by atoms with Gasteiger partial charge in [0.2, 0.25) is 0 Å². The molecule has 0 aliphatic heterocycles. The molecule has 0 saturated carbocycles. The maximum absolute atomic E-state index is 12.4. The Hall–Kier alpha value is -2.34. The minimum absolute atomic E-state index is 0.0962. The minimum atomic E-state index is -0.0962. The lowest BCUT2D eigenvalue weighted by Gasteiger charge is -2.05. The lowest BCUT2D eigenvalue weighted by Crippen LogP contribution is -2.11. The average molecular weight is 440 g/mol. The van der Waals surface area contributed by atoms with Gasteiger partial charge in [0.05, 0.1) is 0 Å². The van der Waals surface area contributed by atoms with Crippen molar-refractivity contribution in [2.45, 2.75) is 13.3 Å². The summed E-state index contributed by atoms with van der Waals surface area (Å²) in [5.41, 5.74) is 4.97. The fraction of sp³-hybridized carbons (Fsp3) is 0.0952. The summed E-state index contributed by atoms with van der Waals surface area (Å²) < 4.78 is 1.11. The summed E-state index contributed by atoms with van der Waals surface area (Å²) in [6, 6.07) is 20.0. The van der Waals surface area contributed by atoms with Crippen molar-refractivity contribution < 1.29 is 4.79 Å². The van der Waals surface area contributed by atoms with Crippen molar-refractivity contribution in [2.75, 3.05) is 5.32 Å². The highest BCUT2D eigenvalue weighted by atomic mass is 127. The van der Waals surface area contributed by atoms with Gasteiger partial charge < -0.3 is 10.3 Å². The number of amides is 1. The number of aryl methyl sites for hydroxylation is 1. The van der Waals surface area contributed by atoms with Gasteiger partial charge in [0, 0.05) is 36.6 Å². The first-order valence-electron chi connectivity index (χ1n) is 8.26. The van der Waals surface area contributed by atoms with Gasteiger partial charge in [0.1, 0.15) is 0 Å². The van der Waals surface area contributed by atoms with Crippen molar-refractivity contribution in [1.29, 1.82) is 0 Å². The number of hydrogen-bond acceptors (Lipinski definition) is 1. The number of aromatic nitrogens is 1. The van der Waals surface area contributed by atoms with E-state index in [0.29, 0.717) is 5.56 Å². The molecule has 1 aromatic heterocycles. The number of fused-ring (bicyclic) bond motifs is 3. The van der Waals surface area contributed by atoms with Crippen LogP contribution in [0.1, 0.15) is 22.8 Å². The molecule has 124 valence electrons. The van der Waals surface area contributed by atoms with E-state index in [0.717, 1.165) is 21.2 Å². The Morgan fingerprint density at radius 2 is 1.84 bits per heavy atom. The summed E-state index contributed by atoms with van der Waals surface area (Å²) in [7, 11) is 0. The summed E-state index contributed by atoms with van der Waals surface area (Å²) in [6.45, 7) is 2.16. The zero-order valence-corrected chi connectivity index (χ0v) is 15.9. The minimum Gasteiger partial charge on any atom is -0.354 e. The van der Waals surface area contributed by atoms with Crippen LogP contribution in [0, 0.1) is 3.57 Å². The van der Waals surface area contributed by atoms with Gasteiger partial charge in [-0.1, -0.05) is 31.2 Å². The Morgan fingerprint density at radius 3 is 2.60 bits per heavy atom. The first-order chi connectivity index (χ1) is 12.2. The summed E-state index contributed by atoms with van der Waals surface area (Å²) in [5.74, 6) is -0.0962. The highest BCUT2D eigenvalue weighted by Gasteiger charge is 2.10. The van der Waals surface area contributed by atoms with E-state index in [-0.39, 0.29) is 5.91 Å². The number of hydrogen-bond donors (Lipinski definition) is 2. The topological polar surface area (TPSA) is 44.9 Å². The third-order valence-electron chi connectivity index (χ3n) is 4.47. The normalized spacial score (nSPS) is 11.1. The molecule has 0 radical (unpaired) electrons. The largest absolute Gasteiger partial charge is 0.354 e. The molecule has 0 spiro atoms. The molecule has 1 amide bonds. The zero-order chi connectivity index (χ0) is 17.4. The van der Waals surface area contributed by atoms with E-state index in [1.165, 1.54) is 21.9 Å². The smallest absolute Gasteiger partial charge is 0.255 e. The second-order valence-electron chi connectivity index (χ2n) is 6.04. The summed E-state index contributed by atoms with van der Waals surface area (Å²) in [6.07, 6.45) is 0.987. The molecule has 0 aliphatic rings. The van der Waals surface area contributed by atoms with Crippen LogP contribution in [0.4, 0.5) is 5.69 Å². The van der Waals surface area contributed by atoms with E-state index in [1.54, 1.807) is 0 Å². The molecule has 0 unspecified atom stereocenters. The number of halogens is 1. The van der Waals surface area contributed by atoms with E-state index in [4.69, 9.17) is 0 Å². The van der Waals surface area contributed by atoms with Crippen molar-refractivity contribution in [3.8, 4) is 0 Å². The molecular weight excluding hydrogens is 423 g/mol. The van der Waals surface area contributed by atoms with Crippen molar-refractivity contribution in [3.05, 3.63) is 75.4 Å². The molecule has 3 aromatic carbocycles. The molecule has 0 atom stereocenters. The molecule has 1 heterocycles. The Balaban J connectivity index is 1.70. The number of carbonyl (C=O) groups excluding carboxylic acids is 1. The molecular formula is C21H17IN2O. The van der Waals surface area contributed by atoms with Crippen LogP contribution in [-0.4, -0.2) is 10.9 Å². The van der Waals surface area contributed by atoms with E-state index in [9.17, 15) is 4.79 Å². The predicted molar refractivity (Wildman–Crippen MR) is 112 cm³/mol. The number of anilines is 1. The van der Waals surface area contributed by atoms with Crippen LogP contribution in [0.15, 0.2) is 60.7 Å².